The molecule has 2 amide bonds. The van der Waals surface area contributed by atoms with Gasteiger partial charge in [0.25, 0.3) is 0 Å². The molecule has 0 aromatic carbocycles. The molecule has 0 heterocycles. The second-order valence-corrected chi connectivity index (χ2v) is 4.08. The van der Waals surface area contributed by atoms with E-state index < -0.39 is 17.5 Å². The lowest BCUT2D eigenvalue weighted by atomic mass is 10.00. The van der Waals surface area contributed by atoms with Gasteiger partial charge in [-0.3, -0.25) is 0 Å². The van der Waals surface area contributed by atoms with Crippen LogP contribution in [0.3, 0.4) is 0 Å². The van der Waals surface area contributed by atoms with Crippen LogP contribution in [-0.4, -0.2) is 52.3 Å². The molecule has 0 aliphatic heterocycles. The molecule has 0 aliphatic carbocycles. The number of hydrogen-bond donors (Lipinski definition) is 3. The maximum atomic E-state index is 11.8. The number of aliphatic hydroxyl groups is 1. The fourth-order valence-electron chi connectivity index (χ4n) is 1.27. The normalized spacial score (nSPS) is 13.9. The van der Waals surface area contributed by atoms with Gasteiger partial charge in [0.15, 0.2) is 0 Å². The van der Waals surface area contributed by atoms with E-state index in [9.17, 15) is 9.59 Å². The zero-order valence-corrected chi connectivity index (χ0v) is 10.7. The summed E-state index contributed by atoms with van der Waals surface area (Å²) in [5, 5.41) is 20.3. The highest BCUT2D eigenvalue weighted by atomic mass is 16.4. The van der Waals surface area contributed by atoms with Crippen LogP contribution in [0.25, 0.3) is 0 Å². The molecule has 0 radical (unpaired) electrons. The van der Waals surface area contributed by atoms with E-state index in [2.05, 4.69) is 5.32 Å². The molecular weight excluding hydrogens is 224 g/mol. The highest BCUT2D eigenvalue weighted by Crippen LogP contribution is 2.10. The number of aliphatic carboxylic acids is 1. The maximum Gasteiger partial charge on any atom is 0.329 e. The Labute approximate surface area is 102 Å². The fourth-order valence-corrected chi connectivity index (χ4v) is 1.27. The fraction of sp³-hybridized carbons (Fsp3) is 0.818. The Balaban J connectivity index is 4.53. The molecular formula is C11H22N2O4. The minimum Gasteiger partial charge on any atom is -0.480 e. The van der Waals surface area contributed by atoms with Crippen molar-refractivity contribution in [1.29, 1.82) is 0 Å². The number of nitrogens with zero attached hydrogens (tertiary/aromatic N) is 1. The zero-order chi connectivity index (χ0) is 13.5. The summed E-state index contributed by atoms with van der Waals surface area (Å²) in [6.45, 7) is 5.89. The van der Waals surface area contributed by atoms with E-state index in [0.717, 1.165) is 0 Å². The summed E-state index contributed by atoms with van der Waals surface area (Å²) >= 11 is 0. The van der Waals surface area contributed by atoms with E-state index in [1.165, 1.54) is 11.8 Å². The van der Waals surface area contributed by atoms with Gasteiger partial charge in [0.2, 0.25) is 0 Å². The molecule has 0 bridgehead atoms. The second-order valence-electron chi connectivity index (χ2n) is 4.08. The average Bonchev–Trinajstić information content (AvgIpc) is 2.29. The molecule has 0 saturated carbocycles. The number of rotatable bonds is 7. The van der Waals surface area contributed by atoms with Crippen LogP contribution in [0.2, 0.25) is 0 Å². The smallest absolute Gasteiger partial charge is 0.329 e. The molecule has 6 heteroatoms. The van der Waals surface area contributed by atoms with Crippen LogP contribution < -0.4 is 5.32 Å². The van der Waals surface area contributed by atoms with Crippen LogP contribution in [0, 0.1) is 0 Å². The van der Waals surface area contributed by atoms with Gasteiger partial charge in [-0.15, -0.1) is 0 Å². The van der Waals surface area contributed by atoms with E-state index >= 15 is 0 Å². The van der Waals surface area contributed by atoms with E-state index in [0.29, 0.717) is 25.9 Å². The Morgan fingerprint density at radius 1 is 1.35 bits per heavy atom. The van der Waals surface area contributed by atoms with Crippen molar-refractivity contribution < 1.29 is 19.8 Å². The molecule has 1 atom stereocenters. The molecule has 0 aromatic rings. The third-order valence-corrected chi connectivity index (χ3v) is 2.82. The summed E-state index contributed by atoms with van der Waals surface area (Å²) in [5.41, 5.74) is -1.25. The third-order valence-electron chi connectivity index (χ3n) is 2.82. The van der Waals surface area contributed by atoms with Crippen molar-refractivity contribution in [2.45, 2.75) is 39.2 Å². The van der Waals surface area contributed by atoms with Crippen molar-refractivity contribution in [2.75, 3.05) is 19.7 Å². The van der Waals surface area contributed by atoms with E-state index in [4.69, 9.17) is 10.2 Å². The van der Waals surface area contributed by atoms with Crippen LogP contribution >= 0.6 is 0 Å². The largest absolute Gasteiger partial charge is 0.480 e. The average molecular weight is 246 g/mol. The number of amides is 2. The predicted molar refractivity (Wildman–Crippen MR) is 63.8 cm³/mol. The highest BCUT2D eigenvalue weighted by Gasteiger charge is 2.33. The number of carboxylic acids is 1. The van der Waals surface area contributed by atoms with Crippen LogP contribution in [0.1, 0.15) is 33.6 Å². The van der Waals surface area contributed by atoms with Gasteiger partial charge < -0.3 is 20.4 Å². The summed E-state index contributed by atoms with van der Waals surface area (Å²) in [6, 6.07) is -0.410. The van der Waals surface area contributed by atoms with Crippen molar-refractivity contribution in [1.82, 2.24) is 10.2 Å². The lowest BCUT2D eigenvalue weighted by Gasteiger charge is -2.29. The standard InChI is InChI=1S/C11H22N2O4/c1-4-11(3,9(15)16)12-10(17)13(5-2)7-6-8-14/h14H,4-8H2,1-3H3,(H,12,17)(H,15,16). The van der Waals surface area contributed by atoms with Crippen molar-refractivity contribution >= 4 is 12.0 Å². The van der Waals surface area contributed by atoms with Crippen LogP contribution in [-0.2, 0) is 4.79 Å². The van der Waals surface area contributed by atoms with Crippen molar-refractivity contribution in [3.8, 4) is 0 Å². The first-order valence-corrected chi connectivity index (χ1v) is 5.82. The van der Waals surface area contributed by atoms with Gasteiger partial charge in [-0.25, -0.2) is 9.59 Å². The van der Waals surface area contributed by atoms with Crippen molar-refractivity contribution in [3.63, 3.8) is 0 Å². The predicted octanol–water partition coefficient (Wildman–Crippen LogP) is 0.654. The number of carbonyl (C=O) groups excluding carboxylic acids is 1. The number of carboxylic acid groups (broad SMARTS) is 1. The van der Waals surface area contributed by atoms with Gasteiger partial charge in [0.1, 0.15) is 5.54 Å². The SMILES string of the molecule is CCN(CCCO)C(=O)NC(C)(CC)C(=O)O. The topological polar surface area (TPSA) is 89.9 Å². The first-order valence-electron chi connectivity index (χ1n) is 5.82. The van der Waals surface area contributed by atoms with E-state index in [1.807, 2.05) is 0 Å². The molecule has 0 fully saturated rings. The molecule has 0 aromatic heterocycles. The first kappa shape index (κ1) is 15.7. The lowest BCUT2D eigenvalue weighted by Crippen LogP contribution is -2.55. The molecule has 1 unspecified atom stereocenters. The van der Waals surface area contributed by atoms with Gasteiger partial charge in [-0.05, 0) is 26.7 Å². The molecule has 100 valence electrons. The van der Waals surface area contributed by atoms with Crippen LogP contribution in [0.15, 0.2) is 0 Å². The summed E-state index contributed by atoms with van der Waals surface area (Å²) in [5.74, 6) is -1.05. The molecule has 0 aliphatic rings. The number of carbonyl (C=O) groups is 2. The van der Waals surface area contributed by atoms with Gasteiger partial charge in [0, 0.05) is 19.7 Å². The quantitative estimate of drug-likeness (QED) is 0.615. The zero-order valence-electron chi connectivity index (χ0n) is 10.7. The molecule has 0 spiro atoms. The van der Waals surface area contributed by atoms with Crippen molar-refractivity contribution in [3.05, 3.63) is 0 Å². The number of nitrogens with one attached hydrogen (secondary N) is 1. The Hall–Kier alpha value is -1.30. The summed E-state index contributed by atoms with van der Waals surface area (Å²) in [4.78, 5) is 24.3. The van der Waals surface area contributed by atoms with Gasteiger partial charge in [0.05, 0.1) is 0 Å². The van der Waals surface area contributed by atoms with E-state index in [-0.39, 0.29) is 6.61 Å². The Kier molecular flexibility index (Phi) is 6.57. The lowest BCUT2D eigenvalue weighted by molar-refractivity contribution is -0.143. The van der Waals surface area contributed by atoms with E-state index in [1.54, 1.807) is 13.8 Å². The first-order chi connectivity index (χ1) is 7.91. The number of hydrogen-bond acceptors (Lipinski definition) is 3. The highest BCUT2D eigenvalue weighted by molar-refractivity contribution is 5.85. The molecule has 3 N–H and O–H groups in total. The maximum absolute atomic E-state index is 11.8. The Bertz CT molecular complexity index is 270. The summed E-state index contributed by atoms with van der Waals surface area (Å²) in [6.07, 6.45) is 0.794. The summed E-state index contributed by atoms with van der Waals surface area (Å²) < 4.78 is 0. The van der Waals surface area contributed by atoms with Crippen LogP contribution in [0.5, 0.6) is 0 Å². The Morgan fingerprint density at radius 3 is 2.29 bits per heavy atom. The molecule has 0 rings (SSSR count). The third kappa shape index (κ3) is 4.60. The number of aliphatic hydroxyl groups excluding tert-OH is 1. The van der Waals surface area contributed by atoms with Gasteiger partial charge in [-0.1, -0.05) is 6.92 Å². The van der Waals surface area contributed by atoms with Gasteiger partial charge >= 0.3 is 12.0 Å². The monoisotopic (exact) mass is 246 g/mol. The minimum absolute atomic E-state index is 0.00769. The molecule has 0 saturated heterocycles. The Morgan fingerprint density at radius 2 is 1.94 bits per heavy atom. The molecule has 17 heavy (non-hydrogen) atoms. The van der Waals surface area contributed by atoms with Crippen molar-refractivity contribution in [2.24, 2.45) is 0 Å². The minimum atomic E-state index is -1.25. The second kappa shape index (κ2) is 7.11. The number of urea groups is 1. The molecule has 6 nitrogen and oxygen atoms in total. The summed E-state index contributed by atoms with van der Waals surface area (Å²) in [7, 11) is 0. The van der Waals surface area contributed by atoms with Gasteiger partial charge in [-0.2, -0.15) is 0 Å². The van der Waals surface area contributed by atoms with Crippen LogP contribution in [0.4, 0.5) is 4.79 Å².